The van der Waals surface area contributed by atoms with E-state index < -0.39 is 4.92 Å². The number of hydrogen-bond donors (Lipinski definition) is 3. The van der Waals surface area contributed by atoms with Gasteiger partial charge in [-0.1, -0.05) is 6.07 Å². The molecule has 1 aliphatic rings. The fraction of sp³-hybridized carbons (Fsp3) is 0.208. The molecule has 0 atom stereocenters. The number of rotatable bonds is 7. The van der Waals surface area contributed by atoms with Crippen LogP contribution in [0.1, 0.15) is 22.3 Å². The van der Waals surface area contributed by atoms with Crippen LogP contribution in [0.15, 0.2) is 48.5 Å². The first-order valence-electron chi connectivity index (χ1n) is 10.3. The molecule has 1 aliphatic heterocycles. The van der Waals surface area contributed by atoms with E-state index in [1.165, 1.54) is 13.2 Å². The number of carbonyl (C=O) groups excluding carboxylic acids is 1. The van der Waals surface area contributed by atoms with Crippen molar-refractivity contribution in [2.75, 3.05) is 31.5 Å². The zero-order chi connectivity index (χ0) is 23.5. The van der Waals surface area contributed by atoms with Gasteiger partial charge in [0.2, 0.25) is 0 Å². The number of nitrogens with zero attached hydrogens (tertiary/aromatic N) is 1. The van der Waals surface area contributed by atoms with Gasteiger partial charge in [-0.3, -0.25) is 14.9 Å². The SMILES string of the molecule is COc1cc2c(cc1CCCO)Nc1cc(-c3ccc([N+](=O)[O-])c(OC)c3)ccc1C(=O)N2. The van der Waals surface area contributed by atoms with Crippen LogP contribution in [0, 0.1) is 10.1 Å². The standard InChI is InChI=1S/C24H23N3O6/c1-32-22-13-20-19(11-16(22)4-3-9-28)25-18-10-14(5-7-17(18)24(29)26-20)15-6-8-21(27(30)31)23(12-15)33-2/h5-8,10-13,25,28H,3-4,9H2,1-2H3,(H,26,29). The zero-order valence-electron chi connectivity index (χ0n) is 18.2. The normalized spacial score (nSPS) is 12.0. The average molecular weight is 449 g/mol. The van der Waals surface area contributed by atoms with Crippen molar-refractivity contribution in [3.63, 3.8) is 0 Å². The highest BCUT2D eigenvalue weighted by Crippen LogP contribution is 2.39. The Morgan fingerprint density at radius 1 is 0.909 bits per heavy atom. The molecule has 3 N–H and O–H groups in total. The molecule has 1 amide bonds. The predicted molar refractivity (Wildman–Crippen MR) is 125 cm³/mol. The summed E-state index contributed by atoms with van der Waals surface area (Å²) in [6.07, 6.45) is 1.21. The molecule has 0 unspecified atom stereocenters. The number of carbonyl (C=O) groups is 1. The van der Waals surface area contributed by atoms with Crippen molar-refractivity contribution in [2.24, 2.45) is 0 Å². The Morgan fingerprint density at radius 3 is 2.30 bits per heavy atom. The predicted octanol–water partition coefficient (Wildman–Crippen LogP) is 4.51. The number of nitrogens with one attached hydrogen (secondary N) is 2. The lowest BCUT2D eigenvalue weighted by molar-refractivity contribution is -0.385. The van der Waals surface area contributed by atoms with Crippen molar-refractivity contribution in [1.29, 1.82) is 0 Å². The van der Waals surface area contributed by atoms with E-state index in [2.05, 4.69) is 10.6 Å². The van der Waals surface area contributed by atoms with E-state index in [1.807, 2.05) is 12.1 Å². The quantitative estimate of drug-likeness (QED) is 0.358. The number of anilines is 3. The molecule has 0 bridgehead atoms. The minimum Gasteiger partial charge on any atom is -0.496 e. The highest BCUT2D eigenvalue weighted by atomic mass is 16.6. The van der Waals surface area contributed by atoms with Crippen molar-refractivity contribution < 1.29 is 24.3 Å². The summed E-state index contributed by atoms with van der Waals surface area (Å²) in [5.41, 5.74) is 4.61. The van der Waals surface area contributed by atoms with E-state index in [0.717, 1.165) is 11.1 Å². The highest BCUT2D eigenvalue weighted by Gasteiger charge is 2.22. The van der Waals surface area contributed by atoms with Crippen LogP contribution >= 0.6 is 0 Å². The molecule has 0 radical (unpaired) electrons. The molecule has 0 aliphatic carbocycles. The summed E-state index contributed by atoms with van der Waals surface area (Å²) < 4.78 is 10.6. The maximum absolute atomic E-state index is 12.9. The number of hydrogen-bond acceptors (Lipinski definition) is 7. The molecule has 3 aromatic rings. The molecular formula is C24H23N3O6. The number of aryl methyl sites for hydroxylation is 1. The van der Waals surface area contributed by atoms with Gasteiger partial charge in [-0.15, -0.1) is 0 Å². The molecule has 1 heterocycles. The molecule has 0 aromatic heterocycles. The number of amides is 1. The van der Waals surface area contributed by atoms with Crippen LogP contribution in [0.3, 0.4) is 0 Å². The van der Waals surface area contributed by atoms with Crippen LogP contribution in [0.25, 0.3) is 11.1 Å². The molecular weight excluding hydrogens is 426 g/mol. The van der Waals surface area contributed by atoms with Gasteiger partial charge in [0.05, 0.1) is 41.8 Å². The molecule has 0 fully saturated rings. The van der Waals surface area contributed by atoms with Gasteiger partial charge in [-0.25, -0.2) is 0 Å². The van der Waals surface area contributed by atoms with E-state index in [1.54, 1.807) is 37.4 Å². The van der Waals surface area contributed by atoms with Gasteiger partial charge >= 0.3 is 5.69 Å². The van der Waals surface area contributed by atoms with E-state index in [-0.39, 0.29) is 24.0 Å². The minimum absolute atomic E-state index is 0.0648. The summed E-state index contributed by atoms with van der Waals surface area (Å²) in [4.78, 5) is 23.6. The van der Waals surface area contributed by atoms with Gasteiger partial charge in [0.15, 0.2) is 5.75 Å². The van der Waals surface area contributed by atoms with Crippen LogP contribution in [0.4, 0.5) is 22.7 Å². The lowest BCUT2D eigenvalue weighted by Crippen LogP contribution is -2.11. The molecule has 9 nitrogen and oxygen atoms in total. The van der Waals surface area contributed by atoms with Gasteiger partial charge < -0.3 is 25.2 Å². The van der Waals surface area contributed by atoms with Crippen LogP contribution in [0.2, 0.25) is 0 Å². The van der Waals surface area contributed by atoms with E-state index >= 15 is 0 Å². The second-order valence-electron chi connectivity index (χ2n) is 7.52. The smallest absolute Gasteiger partial charge is 0.310 e. The minimum atomic E-state index is -0.495. The maximum atomic E-state index is 12.9. The molecule has 9 heteroatoms. The Labute approximate surface area is 190 Å². The number of benzene rings is 3. The molecule has 4 rings (SSSR count). The second-order valence-corrected chi connectivity index (χ2v) is 7.52. The average Bonchev–Trinajstić information content (AvgIpc) is 2.96. The second kappa shape index (κ2) is 9.17. The monoisotopic (exact) mass is 449 g/mol. The molecule has 3 aromatic carbocycles. The third-order valence-corrected chi connectivity index (χ3v) is 5.52. The summed E-state index contributed by atoms with van der Waals surface area (Å²) >= 11 is 0. The Balaban J connectivity index is 1.76. The van der Waals surface area contributed by atoms with Crippen molar-refractivity contribution in [3.05, 3.63) is 69.8 Å². The third kappa shape index (κ3) is 4.31. The number of methoxy groups -OCH3 is 2. The lowest BCUT2D eigenvalue weighted by atomic mass is 10.0. The Bertz CT molecular complexity index is 1240. The lowest BCUT2D eigenvalue weighted by Gasteiger charge is -2.15. The Hall–Kier alpha value is -4.11. The molecule has 0 saturated heterocycles. The Kier molecular flexibility index (Phi) is 6.14. The van der Waals surface area contributed by atoms with E-state index in [0.29, 0.717) is 46.8 Å². The van der Waals surface area contributed by atoms with E-state index in [4.69, 9.17) is 9.47 Å². The summed E-state index contributed by atoms with van der Waals surface area (Å²) in [6.45, 7) is 0.0648. The molecule has 0 spiro atoms. The topological polar surface area (TPSA) is 123 Å². The summed E-state index contributed by atoms with van der Waals surface area (Å²) in [5.74, 6) is 0.521. The number of ether oxygens (including phenoxy) is 2. The van der Waals surface area contributed by atoms with Crippen molar-refractivity contribution >= 4 is 28.7 Å². The number of nitro groups is 1. The first-order valence-corrected chi connectivity index (χ1v) is 10.3. The van der Waals surface area contributed by atoms with Gasteiger partial charge in [-0.2, -0.15) is 0 Å². The fourth-order valence-electron chi connectivity index (χ4n) is 3.85. The highest BCUT2D eigenvalue weighted by molar-refractivity contribution is 6.12. The fourth-order valence-corrected chi connectivity index (χ4v) is 3.85. The third-order valence-electron chi connectivity index (χ3n) is 5.52. The molecule has 0 saturated carbocycles. The molecule has 170 valence electrons. The summed E-state index contributed by atoms with van der Waals surface area (Å²) in [7, 11) is 2.95. The first kappa shape index (κ1) is 22.1. The van der Waals surface area contributed by atoms with E-state index in [9.17, 15) is 20.0 Å². The maximum Gasteiger partial charge on any atom is 0.310 e. The number of aliphatic hydroxyl groups excluding tert-OH is 1. The van der Waals surface area contributed by atoms with Crippen LogP contribution in [0.5, 0.6) is 11.5 Å². The Morgan fingerprint density at radius 2 is 1.61 bits per heavy atom. The largest absolute Gasteiger partial charge is 0.496 e. The molecule has 33 heavy (non-hydrogen) atoms. The summed E-state index contributed by atoms with van der Waals surface area (Å²) in [5, 5.41) is 26.6. The number of fused-ring (bicyclic) bond motifs is 2. The van der Waals surface area contributed by atoms with Gasteiger partial charge in [0, 0.05) is 18.7 Å². The van der Waals surface area contributed by atoms with Crippen molar-refractivity contribution in [2.45, 2.75) is 12.8 Å². The van der Waals surface area contributed by atoms with Crippen molar-refractivity contribution in [3.8, 4) is 22.6 Å². The van der Waals surface area contributed by atoms with Crippen molar-refractivity contribution in [1.82, 2.24) is 0 Å². The first-order chi connectivity index (χ1) is 15.9. The zero-order valence-corrected chi connectivity index (χ0v) is 18.2. The van der Waals surface area contributed by atoms with Gasteiger partial charge in [0.1, 0.15) is 5.75 Å². The summed E-state index contributed by atoms with van der Waals surface area (Å²) in [6, 6.07) is 13.6. The van der Waals surface area contributed by atoms with Crippen LogP contribution in [-0.4, -0.2) is 36.8 Å². The van der Waals surface area contributed by atoms with Gasteiger partial charge in [0.25, 0.3) is 5.91 Å². The van der Waals surface area contributed by atoms with Gasteiger partial charge in [-0.05, 0) is 59.9 Å². The van der Waals surface area contributed by atoms with Crippen LogP contribution in [-0.2, 0) is 6.42 Å². The van der Waals surface area contributed by atoms with Crippen LogP contribution < -0.4 is 20.1 Å². The number of aliphatic hydroxyl groups is 1. The number of nitro benzene ring substituents is 1.